The first-order valence-electron chi connectivity index (χ1n) is 3.63. The lowest BCUT2D eigenvalue weighted by Gasteiger charge is -1.97. The van der Waals surface area contributed by atoms with Crippen molar-refractivity contribution in [2.45, 2.75) is 5.75 Å². The van der Waals surface area contributed by atoms with E-state index in [2.05, 4.69) is 0 Å². The van der Waals surface area contributed by atoms with E-state index in [4.69, 9.17) is 0 Å². The van der Waals surface area contributed by atoms with E-state index in [0.717, 1.165) is 5.56 Å². The molecule has 1 aromatic carbocycles. The Morgan fingerprint density at radius 2 is 2.23 bits per heavy atom. The molecule has 70 valence electrons. The van der Waals surface area contributed by atoms with E-state index < -0.39 is 15.7 Å². The van der Waals surface area contributed by atoms with E-state index in [0.29, 0.717) is 5.75 Å². The summed E-state index contributed by atoms with van der Waals surface area (Å²) in [4.78, 5) is 9.91. The predicted octanol–water partition coefficient (Wildman–Crippen LogP) is 1.47. The Morgan fingerprint density at radius 3 is 2.77 bits per heavy atom. The van der Waals surface area contributed by atoms with Crippen LogP contribution in [0.15, 0.2) is 24.3 Å². The molecular formula is C8H9NO3S. The lowest BCUT2D eigenvalue weighted by Crippen LogP contribution is -1.94. The molecule has 0 fully saturated rings. The van der Waals surface area contributed by atoms with Crippen LogP contribution < -0.4 is 0 Å². The van der Waals surface area contributed by atoms with E-state index in [1.165, 1.54) is 12.1 Å². The summed E-state index contributed by atoms with van der Waals surface area (Å²) >= 11 is 0. The third-order valence-electron chi connectivity index (χ3n) is 1.49. The fourth-order valence-electron chi connectivity index (χ4n) is 0.995. The summed E-state index contributed by atoms with van der Waals surface area (Å²) in [6.07, 6.45) is 1.57. The highest BCUT2D eigenvalue weighted by Gasteiger charge is 2.05. The Balaban J connectivity index is 2.91. The van der Waals surface area contributed by atoms with Crippen LogP contribution in [0.25, 0.3) is 0 Å². The quantitative estimate of drug-likeness (QED) is 0.547. The van der Waals surface area contributed by atoms with Crippen LogP contribution >= 0.6 is 0 Å². The standard InChI is InChI=1S/C8H9NO3S/c1-13(12)6-7-3-2-4-8(5-7)9(10)11/h2-5H,6H2,1H3/t13-/m1/s1. The summed E-state index contributed by atoms with van der Waals surface area (Å²) in [7, 11) is -0.961. The first kappa shape index (κ1) is 9.85. The maximum atomic E-state index is 10.8. The van der Waals surface area contributed by atoms with Gasteiger partial charge in [-0.15, -0.1) is 0 Å². The fraction of sp³-hybridized carbons (Fsp3) is 0.250. The van der Waals surface area contributed by atoms with E-state index in [1.54, 1.807) is 18.4 Å². The SMILES string of the molecule is C[S@@](=O)Cc1cccc([N+](=O)[O-])c1. The number of hydrogen-bond donors (Lipinski definition) is 0. The molecule has 0 amide bonds. The number of nitro groups is 1. The van der Waals surface area contributed by atoms with Crippen LogP contribution in [0.2, 0.25) is 0 Å². The molecule has 0 N–H and O–H groups in total. The molecule has 0 saturated carbocycles. The molecule has 0 heterocycles. The van der Waals surface area contributed by atoms with Gasteiger partial charge in [0.05, 0.1) is 4.92 Å². The van der Waals surface area contributed by atoms with E-state index in [-0.39, 0.29) is 5.69 Å². The molecule has 0 aliphatic rings. The normalized spacial score (nSPS) is 12.4. The van der Waals surface area contributed by atoms with Gasteiger partial charge in [-0.2, -0.15) is 0 Å². The first-order chi connectivity index (χ1) is 6.09. The smallest absolute Gasteiger partial charge is 0.260 e. The van der Waals surface area contributed by atoms with Crippen LogP contribution in [0.5, 0.6) is 0 Å². The summed E-state index contributed by atoms with van der Waals surface area (Å²) < 4.78 is 10.8. The van der Waals surface area contributed by atoms with Crippen molar-refractivity contribution < 1.29 is 9.13 Å². The van der Waals surface area contributed by atoms with Crippen LogP contribution in [0.4, 0.5) is 5.69 Å². The van der Waals surface area contributed by atoms with Crippen molar-refractivity contribution in [2.24, 2.45) is 0 Å². The predicted molar refractivity (Wildman–Crippen MR) is 50.9 cm³/mol. The second kappa shape index (κ2) is 4.13. The van der Waals surface area contributed by atoms with Gasteiger partial charge in [-0.3, -0.25) is 14.3 Å². The lowest BCUT2D eigenvalue weighted by molar-refractivity contribution is -0.384. The van der Waals surface area contributed by atoms with Crippen molar-refractivity contribution in [1.29, 1.82) is 0 Å². The van der Waals surface area contributed by atoms with Crippen molar-refractivity contribution in [3.63, 3.8) is 0 Å². The third kappa shape index (κ3) is 2.95. The van der Waals surface area contributed by atoms with E-state index in [9.17, 15) is 14.3 Å². The maximum Gasteiger partial charge on any atom is 0.269 e. The first-order valence-corrected chi connectivity index (χ1v) is 5.35. The van der Waals surface area contributed by atoms with Gasteiger partial charge in [-0.05, 0) is 5.56 Å². The van der Waals surface area contributed by atoms with Gasteiger partial charge in [0.15, 0.2) is 0 Å². The van der Waals surface area contributed by atoms with Crippen molar-refractivity contribution in [2.75, 3.05) is 6.26 Å². The maximum absolute atomic E-state index is 10.8. The number of rotatable bonds is 3. The molecule has 5 heteroatoms. The van der Waals surface area contributed by atoms with Gasteiger partial charge in [0, 0.05) is 34.9 Å². The van der Waals surface area contributed by atoms with E-state index >= 15 is 0 Å². The van der Waals surface area contributed by atoms with Crippen LogP contribution in [0.1, 0.15) is 5.56 Å². The zero-order valence-electron chi connectivity index (χ0n) is 7.10. The highest BCUT2D eigenvalue weighted by atomic mass is 32.2. The Hall–Kier alpha value is -1.23. The zero-order chi connectivity index (χ0) is 9.84. The second-order valence-corrected chi connectivity index (χ2v) is 4.08. The minimum atomic E-state index is -0.961. The van der Waals surface area contributed by atoms with Gasteiger partial charge in [-0.1, -0.05) is 12.1 Å². The fourth-order valence-corrected chi connectivity index (χ4v) is 1.64. The molecule has 0 bridgehead atoms. The third-order valence-corrected chi connectivity index (χ3v) is 2.23. The van der Waals surface area contributed by atoms with Crippen molar-refractivity contribution in [3.05, 3.63) is 39.9 Å². The molecule has 0 aliphatic carbocycles. The second-order valence-electron chi connectivity index (χ2n) is 2.64. The van der Waals surface area contributed by atoms with E-state index in [1.807, 2.05) is 0 Å². The zero-order valence-corrected chi connectivity index (χ0v) is 7.91. The Bertz CT molecular complexity index is 351. The highest BCUT2D eigenvalue weighted by molar-refractivity contribution is 7.83. The molecule has 13 heavy (non-hydrogen) atoms. The van der Waals surface area contributed by atoms with Gasteiger partial charge >= 0.3 is 0 Å². The average molecular weight is 199 g/mol. The van der Waals surface area contributed by atoms with Crippen LogP contribution in [0, 0.1) is 10.1 Å². The van der Waals surface area contributed by atoms with Gasteiger partial charge in [0.25, 0.3) is 5.69 Å². The molecule has 1 atom stereocenters. The van der Waals surface area contributed by atoms with Gasteiger partial charge in [-0.25, -0.2) is 0 Å². The molecule has 0 saturated heterocycles. The van der Waals surface area contributed by atoms with Crippen LogP contribution in [-0.2, 0) is 16.6 Å². The summed E-state index contributed by atoms with van der Waals surface area (Å²) in [5.74, 6) is 0.363. The largest absolute Gasteiger partial charge is 0.269 e. The van der Waals surface area contributed by atoms with Crippen molar-refractivity contribution in [1.82, 2.24) is 0 Å². The Morgan fingerprint density at radius 1 is 1.54 bits per heavy atom. The molecule has 0 aliphatic heterocycles. The summed E-state index contributed by atoms with van der Waals surface area (Å²) in [6.45, 7) is 0. The van der Waals surface area contributed by atoms with Gasteiger partial charge in [0.1, 0.15) is 0 Å². The Labute approximate surface area is 78.2 Å². The molecular weight excluding hydrogens is 190 g/mol. The Kier molecular flexibility index (Phi) is 3.13. The highest BCUT2D eigenvalue weighted by Crippen LogP contribution is 2.13. The molecule has 1 aromatic rings. The number of benzene rings is 1. The van der Waals surface area contributed by atoms with Crippen molar-refractivity contribution >= 4 is 16.5 Å². The lowest BCUT2D eigenvalue weighted by atomic mass is 10.2. The summed E-state index contributed by atoms with van der Waals surface area (Å²) in [5.41, 5.74) is 0.776. The molecule has 0 unspecified atom stereocenters. The molecule has 0 spiro atoms. The average Bonchev–Trinajstić information content (AvgIpc) is 2.03. The number of hydrogen-bond acceptors (Lipinski definition) is 3. The minimum Gasteiger partial charge on any atom is -0.260 e. The topological polar surface area (TPSA) is 60.2 Å². The van der Waals surface area contributed by atoms with Gasteiger partial charge < -0.3 is 0 Å². The van der Waals surface area contributed by atoms with Crippen molar-refractivity contribution in [3.8, 4) is 0 Å². The monoisotopic (exact) mass is 199 g/mol. The number of nitrogens with zero attached hydrogens (tertiary/aromatic N) is 1. The molecule has 4 nitrogen and oxygen atoms in total. The summed E-state index contributed by atoms with van der Waals surface area (Å²) in [5, 5.41) is 10.4. The minimum absolute atomic E-state index is 0.0444. The van der Waals surface area contributed by atoms with Crippen LogP contribution in [-0.4, -0.2) is 15.4 Å². The van der Waals surface area contributed by atoms with Gasteiger partial charge in [0.2, 0.25) is 0 Å². The summed E-state index contributed by atoms with van der Waals surface area (Å²) in [6, 6.07) is 6.19. The number of non-ortho nitro benzene ring substituents is 1. The molecule has 0 radical (unpaired) electrons. The molecule has 1 rings (SSSR count). The molecule has 0 aromatic heterocycles. The van der Waals surface area contributed by atoms with Crippen LogP contribution in [0.3, 0.4) is 0 Å². The number of nitro benzene ring substituents is 1.